The molecule has 2 heterocycles. The van der Waals surface area contributed by atoms with Gasteiger partial charge in [0.05, 0.1) is 6.54 Å². The van der Waals surface area contributed by atoms with Crippen molar-refractivity contribution in [1.82, 2.24) is 4.90 Å². The molecule has 0 saturated carbocycles. The van der Waals surface area contributed by atoms with Crippen LogP contribution in [0.1, 0.15) is 18.4 Å². The number of piperazine rings is 1. The number of amides is 1. The summed E-state index contributed by atoms with van der Waals surface area (Å²) in [6, 6.07) is 14.6. The predicted octanol–water partition coefficient (Wildman–Crippen LogP) is 3.21. The summed E-state index contributed by atoms with van der Waals surface area (Å²) in [5.74, 6) is 0.520. The van der Waals surface area contributed by atoms with Gasteiger partial charge in [-0.05, 0) is 48.4 Å². The molecule has 8 heteroatoms. The van der Waals surface area contributed by atoms with E-state index in [-0.39, 0.29) is 35.7 Å². The number of carbonyl (C=O) groups excluding carboxylic acids is 1. The molecule has 160 valence electrons. The van der Waals surface area contributed by atoms with Gasteiger partial charge in [0.1, 0.15) is 5.82 Å². The molecule has 2 fully saturated rings. The van der Waals surface area contributed by atoms with Crippen molar-refractivity contribution in [3.63, 3.8) is 0 Å². The summed E-state index contributed by atoms with van der Waals surface area (Å²) >= 11 is 0. The van der Waals surface area contributed by atoms with Gasteiger partial charge < -0.3 is 20.4 Å². The van der Waals surface area contributed by atoms with Crippen molar-refractivity contribution >= 4 is 47.2 Å². The molecular formula is C22H27FIN5O. The number of benzene rings is 2. The van der Waals surface area contributed by atoms with Crippen LogP contribution in [0.4, 0.5) is 15.8 Å². The van der Waals surface area contributed by atoms with Crippen molar-refractivity contribution in [3.8, 4) is 0 Å². The Labute approximate surface area is 193 Å². The molecule has 2 aromatic carbocycles. The van der Waals surface area contributed by atoms with E-state index in [1.165, 1.54) is 12.1 Å². The van der Waals surface area contributed by atoms with Crippen LogP contribution in [-0.4, -0.2) is 49.5 Å². The number of guanidine groups is 1. The summed E-state index contributed by atoms with van der Waals surface area (Å²) in [6.45, 7) is 4.51. The molecule has 0 radical (unpaired) electrons. The summed E-state index contributed by atoms with van der Waals surface area (Å²) < 4.78 is 13.1. The molecule has 2 aromatic rings. The normalized spacial score (nSPS) is 17.3. The van der Waals surface area contributed by atoms with Crippen LogP contribution in [0.25, 0.3) is 0 Å². The number of carbonyl (C=O) groups is 1. The molecule has 6 nitrogen and oxygen atoms in total. The Morgan fingerprint density at radius 3 is 2.17 bits per heavy atom. The van der Waals surface area contributed by atoms with Crippen molar-refractivity contribution in [2.45, 2.75) is 19.4 Å². The summed E-state index contributed by atoms with van der Waals surface area (Å²) in [5.41, 5.74) is 9.24. The standard InChI is InChI=1S/C22H26FN5O.HI/c23-18-5-9-19(10-6-18)26-12-14-27(15-13-26)22(24)25-16-17-3-7-20(8-4-17)28-11-1-2-21(28)29;/h3-10H,1-2,11-16H2,(H2,24,25);1H. The smallest absolute Gasteiger partial charge is 0.227 e. The van der Waals surface area contributed by atoms with Gasteiger partial charge in [-0.3, -0.25) is 4.79 Å². The second kappa shape index (κ2) is 10.1. The first-order chi connectivity index (χ1) is 14.1. The summed E-state index contributed by atoms with van der Waals surface area (Å²) in [7, 11) is 0. The molecule has 2 N–H and O–H groups in total. The maximum Gasteiger partial charge on any atom is 0.227 e. The van der Waals surface area contributed by atoms with E-state index in [0.717, 1.165) is 56.1 Å². The molecule has 2 saturated heterocycles. The van der Waals surface area contributed by atoms with E-state index in [1.54, 1.807) is 0 Å². The zero-order chi connectivity index (χ0) is 20.2. The molecule has 2 aliphatic heterocycles. The Hall–Kier alpha value is -2.36. The van der Waals surface area contributed by atoms with E-state index in [2.05, 4.69) is 14.8 Å². The Morgan fingerprint density at radius 2 is 1.57 bits per heavy atom. The number of hydrogen-bond acceptors (Lipinski definition) is 3. The van der Waals surface area contributed by atoms with Crippen molar-refractivity contribution in [2.75, 3.05) is 42.5 Å². The van der Waals surface area contributed by atoms with Crippen molar-refractivity contribution in [2.24, 2.45) is 10.7 Å². The molecule has 0 aliphatic carbocycles. The van der Waals surface area contributed by atoms with Gasteiger partial charge in [0, 0.05) is 50.5 Å². The highest BCUT2D eigenvalue weighted by atomic mass is 127. The summed E-state index contributed by atoms with van der Waals surface area (Å²) in [6.07, 6.45) is 1.56. The topological polar surface area (TPSA) is 65.2 Å². The van der Waals surface area contributed by atoms with Gasteiger partial charge in [0.25, 0.3) is 0 Å². The van der Waals surface area contributed by atoms with Crippen LogP contribution in [0.15, 0.2) is 53.5 Å². The van der Waals surface area contributed by atoms with Gasteiger partial charge >= 0.3 is 0 Å². The SMILES string of the molecule is I.NC(=NCc1ccc(N2CCCC2=O)cc1)N1CCN(c2ccc(F)cc2)CC1. The van der Waals surface area contributed by atoms with Gasteiger partial charge in [0.2, 0.25) is 5.91 Å². The van der Waals surface area contributed by atoms with E-state index in [9.17, 15) is 9.18 Å². The number of rotatable bonds is 4. The second-order valence-corrected chi connectivity index (χ2v) is 7.44. The Bertz CT molecular complexity index is 879. The van der Waals surface area contributed by atoms with Crippen LogP contribution in [0.3, 0.4) is 0 Å². The first kappa shape index (κ1) is 22.3. The van der Waals surface area contributed by atoms with Crippen molar-refractivity contribution in [1.29, 1.82) is 0 Å². The highest BCUT2D eigenvalue weighted by molar-refractivity contribution is 14.0. The van der Waals surface area contributed by atoms with Crippen LogP contribution < -0.4 is 15.5 Å². The lowest BCUT2D eigenvalue weighted by Gasteiger charge is -2.36. The molecule has 1 amide bonds. The summed E-state index contributed by atoms with van der Waals surface area (Å²) in [5, 5.41) is 0. The van der Waals surface area contributed by atoms with E-state index in [1.807, 2.05) is 41.3 Å². The molecular weight excluding hydrogens is 496 g/mol. The van der Waals surface area contributed by atoms with Crippen LogP contribution in [0.5, 0.6) is 0 Å². The molecule has 2 aliphatic rings. The molecule has 0 aromatic heterocycles. The highest BCUT2D eigenvalue weighted by Gasteiger charge is 2.21. The molecule has 0 bridgehead atoms. The monoisotopic (exact) mass is 523 g/mol. The minimum absolute atomic E-state index is 0. The number of hydrogen-bond donors (Lipinski definition) is 1. The number of nitrogens with zero attached hydrogens (tertiary/aromatic N) is 4. The molecule has 0 unspecified atom stereocenters. The van der Waals surface area contributed by atoms with Crippen LogP contribution in [0, 0.1) is 5.82 Å². The van der Waals surface area contributed by atoms with Crippen molar-refractivity contribution in [3.05, 3.63) is 59.9 Å². The van der Waals surface area contributed by atoms with Crippen LogP contribution in [-0.2, 0) is 11.3 Å². The third kappa shape index (κ3) is 5.21. The van der Waals surface area contributed by atoms with Gasteiger partial charge in [0.15, 0.2) is 5.96 Å². The van der Waals surface area contributed by atoms with Gasteiger partial charge in [-0.2, -0.15) is 0 Å². The van der Waals surface area contributed by atoms with Crippen LogP contribution >= 0.6 is 24.0 Å². The van der Waals surface area contributed by atoms with E-state index in [0.29, 0.717) is 18.9 Å². The maximum absolute atomic E-state index is 13.1. The first-order valence-electron chi connectivity index (χ1n) is 10.0. The van der Waals surface area contributed by atoms with Crippen LogP contribution in [0.2, 0.25) is 0 Å². The molecule has 0 spiro atoms. The number of halogens is 2. The molecule has 0 atom stereocenters. The Balaban J connectivity index is 0.00000256. The minimum atomic E-state index is -0.219. The average molecular weight is 523 g/mol. The summed E-state index contributed by atoms with van der Waals surface area (Å²) in [4.78, 5) is 22.5. The molecule has 4 rings (SSSR count). The van der Waals surface area contributed by atoms with E-state index >= 15 is 0 Å². The minimum Gasteiger partial charge on any atom is -0.370 e. The third-order valence-electron chi connectivity index (χ3n) is 5.54. The Morgan fingerprint density at radius 1 is 0.933 bits per heavy atom. The lowest BCUT2D eigenvalue weighted by molar-refractivity contribution is -0.117. The lowest BCUT2D eigenvalue weighted by atomic mass is 10.2. The fourth-order valence-corrected chi connectivity index (χ4v) is 3.82. The highest BCUT2D eigenvalue weighted by Crippen LogP contribution is 2.22. The lowest BCUT2D eigenvalue weighted by Crippen LogP contribution is -2.51. The third-order valence-corrected chi connectivity index (χ3v) is 5.54. The largest absolute Gasteiger partial charge is 0.370 e. The average Bonchev–Trinajstić information content (AvgIpc) is 3.19. The second-order valence-electron chi connectivity index (χ2n) is 7.44. The van der Waals surface area contributed by atoms with Gasteiger partial charge in [-0.25, -0.2) is 9.38 Å². The van der Waals surface area contributed by atoms with Gasteiger partial charge in [-0.1, -0.05) is 12.1 Å². The van der Waals surface area contributed by atoms with Crippen molar-refractivity contribution < 1.29 is 9.18 Å². The van der Waals surface area contributed by atoms with E-state index < -0.39 is 0 Å². The maximum atomic E-state index is 13.1. The molecule has 30 heavy (non-hydrogen) atoms. The predicted molar refractivity (Wildman–Crippen MR) is 129 cm³/mol. The number of nitrogens with two attached hydrogens (primary N) is 1. The van der Waals surface area contributed by atoms with Gasteiger partial charge in [-0.15, -0.1) is 24.0 Å². The Kier molecular flexibility index (Phi) is 7.52. The first-order valence-corrected chi connectivity index (χ1v) is 10.0. The number of anilines is 2. The number of aliphatic imine (C=N–C) groups is 1. The fourth-order valence-electron chi connectivity index (χ4n) is 3.82. The van der Waals surface area contributed by atoms with E-state index in [4.69, 9.17) is 5.73 Å². The quantitative estimate of drug-likeness (QED) is 0.380. The zero-order valence-corrected chi connectivity index (χ0v) is 19.2. The fraction of sp³-hybridized carbons (Fsp3) is 0.364. The zero-order valence-electron chi connectivity index (χ0n) is 16.8.